The van der Waals surface area contributed by atoms with E-state index < -0.39 is 0 Å². The number of methoxy groups -OCH3 is 1. The van der Waals surface area contributed by atoms with Crippen molar-refractivity contribution in [2.24, 2.45) is 0 Å². The van der Waals surface area contributed by atoms with Gasteiger partial charge in [-0.1, -0.05) is 29.8 Å². The third-order valence-corrected chi connectivity index (χ3v) is 4.58. The predicted molar refractivity (Wildman–Crippen MR) is 97.0 cm³/mol. The van der Waals surface area contributed by atoms with Crippen LogP contribution >= 0.6 is 11.6 Å². The summed E-state index contributed by atoms with van der Waals surface area (Å²) < 4.78 is 5.30. The van der Waals surface area contributed by atoms with Gasteiger partial charge in [0.05, 0.1) is 7.11 Å². The first-order chi connectivity index (χ1) is 11.7. The van der Waals surface area contributed by atoms with Gasteiger partial charge in [-0.05, 0) is 48.7 Å². The maximum absolute atomic E-state index is 12.5. The van der Waals surface area contributed by atoms with Crippen LogP contribution in [-0.4, -0.2) is 31.1 Å². The summed E-state index contributed by atoms with van der Waals surface area (Å²) in [5, 5.41) is 3.54. The van der Waals surface area contributed by atoms with Crippen LogP contribution in [0.4, 0.5) is 10.5 Å². The Hall–Kier alpha value is -2.20. The van der Waals surface area contributed by atoms with E-state index in [1.165, 1.54) is 5.56 Å². The number of hydrogen-bond donors (Lipinski definition) is 1. The number of hydrogen-bond acceptors (Lipinski definition) is 2. The van der Waals surface area contributed by atoms with Crippen molar-refractivity contribution in [3.63, 3.8) is 0 Å². The van der Waals surface area contributed by atoms with Crippen molar-refractivity contribution in [2.45, 2.75) is 18.8 Å². The maximum Gasteiger partial charge on any atom is 0.321 e. The Morgan fingerprint density at radius 1 is 1.25 bits per heavy atom. The highest BCUT2D eigenvalue weighted by Crippen LogP contribution is 2.29. The van der Waals surface area contributed by atoms with Crippen molar-refractivity contribution >= 4 is 23.3 Å². The summed E-state index contributed by atoms with van der Waals surface area (Å²) in [7, 11) is 1.67. The molecule has 0 bridgehead atoms. The number of likely N-dealkylation sites (tertiary alicyclic amines) is 1. The molecule has 4 nitrogen and oxygen atoms in total. The van der Waals surface area contributed by atoms with Crippen LogP contribution in [0.25, 0.3) is 0 Å². The van der Waals surface area contributed by atoms with Gasteiger partial charge in [0.25, 0.3) is 0 Å². The number of benzene rings is 2. The van der Waals surface area contributed by atoms with Crippen molar-refractivity contribution in [2.75, 3.05) is 25.5 Å². The Morgan fingerprint density at radius 2 is 2.08 bits per heavy atom. The lowest BCUT2D eigenvalue weighted by Gasteiger charge is -2.33. The molecule has 3 rings (SSSR count). The van der Waals surface area contributed by atoms with E-state index in [9.17, 15) is 4.79 Å². The van der Waals surface area contributed by atoms with Crippen molar-refractivity contribution in [1.29, 1.82) is 0 Å². The smallest absolute Gasteiger partial charge is 0.321 e. The Bertz CT molecular complexity index is 720. The highest BCUT2D eigenvalue weighted by atomic mass is 35.5. The molecule has 24 heavy (non-hydrogen) atoms. The molecular formula is C19H21ClN2O2. The summed E-state index contributed by atoms with van der Waals surface area (Å²) in [5.74, 6) is 1.19. The van der Waals surface area contributed by atoms with E-state index in [4.69, 9.17) is 16.3 Å². The molecule has 0 saturated carbocycles. The monoisotopic (exact) mass is 344 g/mol. The minimum Gasteiger partial charge on any atom is -0.497 e. The van der Waals surface area contributed by atoms with Gasteiger partial charge in [0.2, 0.25) is 0 Å². The quantitative estimate of drug-likeness (QED) is 0.872. The number of ether oxygens (including phenoxy) is 1. The van der Waals surface area contributed by atoms with E-state index in [1.807, 2.05) is 29.2 Å². The molecule has 2 aromatic carbocycles. The topological polar surface area (TPSA) is 41.6 Å². The molecule has 1 aliphatic heterocycles. The molecule has 0 aromatic heterocycles. The molecule has 1 aliphatic rings. The van der Waals surface area contributed by atoms with Gasteiger partial charge in [-0.2, -0.15) is 0 Å². The van der Waals surface area contributed by atoms with Crippen molar-refractivity contribution in [3.8, 4) is 5.75 Å². The minimum absolute atomic E-state index is 0.0788. The lowest BCUT2D eigenvalue weighted by molar-refractivity contribution is 0.192. The summed E-state index contributed by atoms with van der Waals surface area (Å²) in [4.78, 5) is 14.4. The number of halogens is 1. The van der Waals surface area contributed by atoms with Crippen molar-refractivity contribution in [3.05, 3.63) is 59.1 Å². The first-order valence-electron chi connectivity index (χ1n) is 8.11. The number of amides is 2. The zero-order valence-corrected chi connectivity index (χ0v) is 14.4. The van der Waals surface area contributed by atoms with Gasteiger partial charge in [-0.15, -0.1) is 0 Å². The van der Waals surface area contributed by atoms with Crippen LogP contribution in [0.3, 0.4) is 0 Å². The second kappa shape index (κ2) is 7.58. The number of piperidine rings is 1. The molecule has 1 fully saturated rings. The average molecular weight is 345 g/mol. The summed E-state index contributed by atoms with van der Waals surface area (Å²) in [5.41, 5.74) is 1.94. The van der Waals surface area contributed by atoms with Gasteiger partial charge >= 0.3 is 6.03 Å². The highest BCUT2D eigenvalue weighted by molar-refractivity contribution is 6.30. The van der Waals surface area contributed by atoms with Crippen LogP contribution in [0.1, 0.15) is 24.3 Å². The molecule has 1 atom stereocenters. The van der Waals surface area contributed by atoms with E-state index in [1.54, 1.807) is 19.2 Å². The second-order valence-corrected chi connectivity index (χ2v) is 6.44. The van der Waals surface area contributed by atoms with Crippen LogP contribution in [-0.2, 0) is 0 Å². The average Bonchev–Trinajstić information content (AvgIpc) is 2.62. The molecule has 1 saturated heterocycles. The Morgan fingerprint density at radius 3 is 2.88 bits per heavy atom. The van der Waals surface area contributed by atoms with Gasteiger partial charge in [0.1, 0.15) is 5.75 Å². The molecule has 1 unspecified atom stereocenters. The second-order valence-electron chi connectivity index (χ2n) is 6.00. The number of nitrogens with zero attached hydrogens (tertiary/aromatic N) is 1. The molecule has 0 spiro atoms. The lowest BCUT2D eigenvalue weighted by atomic mass is 9.90. The van der Waals surface area contributed by atoms with E-state index in [-0.39, 0.29) is 6.03 Å². The van der Waals surface area contributed by atoms with E-state index in [0.29, 0.717) is 17.5 Å². The normalized spacial score (nSPS) is 17.4. The van der Waals surface area contributed by atoms with Crippen molar-refractivity contribution < 1.29 is 9.53 Å². The molecule has 126 valence electrons. The first kappa shape index (κ1) is 16.7. The molecular weight excluding hydrogens is 324 g/mol. The Balaban J connectivity index is 1.67. The highest BCUT2D eigenvalue weighted by Gasteiger charge is 2.25. The molecule has 1 heterocycles. The molecule has 1 N–H and O–H groups in total. The van der Waals surface area contributed by atoms with Crippen LogP contribution < -0.4 is 10.1 Å². The first-order valence-corrected chi connectivity index (χ1v) is 8.49. The number of nitrogens with one attached hydrogen (secondary N) is 1. The van der Waals surface area contributed by atoms with Crippen LogP contribution in [0, 0.1) is 0 Å². The molecule has 0 radical (unpaired) electrons. The molecule has 0 aliphatic carbocycles. The third-order valence-electron chi connectivity index (χ3n) is 4.35. The lowest BCUT2D eigenvalue weighted by Crippen LogP contribution is -2.41. The maximum atomic E-state index is 12.5. The molecule has 5 heteroatoms. The number of urea groups is 1. The third kappa shape index (κ3) is 4.01. The summed E-state index contributed by atoms with van der Waals surface area (Å²) in [6.45, 7) is 1.48. The van der Waals surface area contributed by atoms with E-state index >= 15 is 0 Å². The van der Waals surface area contributed by atoms with Gasteiger partial charge in [-0.3, -0.25) is 0 Å². The fourth-order valence-corrected chi connectivity index (χ4v) is 3.29. The zero-order valence-electron chi connectivity index (χ0n) is 13.7. The van der Waals surface area contributed by atoms with Gasteiger partial charge in [0.15, 0.2) is 0 Å². The summed E-state index contributed by atoms with van der Waals surface area (Å²) in [6, 6.07) is 15.2. The largest absolute Gasteiger partial charge is 0.497 e. The number of anilines is 1. The standard InChI is InChI=1S/C19H21ClN2O2/c1-24-18-9-2-5-14(11-18)15-6-4-10-22(13-15)19(23)21-17-8-3-7-16(20)12-17/h2-3,5,7-9,11-12,15H,4,6,10,13H2,1H3,(H,21,23). The van der Waals surface area contributed by atoms with Gasteiger partial charge in [-0.25, -0.2) is 4.79 Å². The van der Waals surface area contributed by atoms with Crippen LogP contribution in [0.15, 0.2) is 48.5 Å². The minimum atomic E-state index is -0.0788. The molecule has 2 amide bonds. The fourth-order valence-electron chi connectivity index (χ4n) is 3.10. The van der Waals surface area contributed by atoms with E-state index in [2.05, 4.69) is 17.4 Å². The van der Waals surface area contributed by atoms with Crippen molar-refractivity contribution in [1.82, 2.24) is 4.90 Å². The number of rotatable bonds is 3. The van der Waals surface area contributed by atoms with Crippen LogP contribution in [0.2, 0.25) is 5.02 Å². The summed E-state index contributed by atoms with van der Waals surface area (Å²) in [6.07, 6.45) is 2.07. The van der Waals surface area contributed by atoms with Crippen LogP contribution in [0.5, 0.6) is 5.75 Å². The fraction of sp³-hybridized carbons (Fsp3) is 0.316. The van der Waals surface area contributed by atoms with Gasteiger partial charge < -0.3 is 15.0 Å². The number of carbonyl (C=O) groups is 1. The van der Waals surface area contributed by atoms with E-state index in [0.717, 1.165) is 30.8 Å². The predicted octanol–water partition coefficient (Wildman–Crippen LogP) is 4.76. The summed E-state index contributed by atoms with van der Waals surface area (Å²) >= 11 is 5.97. The Labute approximate surface area is 147 Å². The zero-order chi connectivity index (χ0) is 16.9. The van der Waals surface area contributed by atoms with Gasteiger partial charge in [0, 0.05) is 29.7 Å². The molecule has 2 aromatic rings. The SMILES string of the molecule is COc1cccc(C2CCCN(C(=O)Nc3cccc(Cl)c3)C2)c1. The number of carbonyl (C=O) groups excluding carboxylic acids is 1. The Kier molecular flexibility index (Phi) is 5.26.